The molecule has 1 aliphatic rings. The Morgan fingerprint density at radius 2 is 2.14 bits per heavy atom. The predicted molar refractivity (Wildman–Crippen MR) is 144 cm³/mol. The minimum Gasteiger partial charge on any atom is -0.385 e. The number of methoxy groups -OCH3 is 1. The number of nitrogens with two attached hydrogens (primary N) is 1. The van der Waals surface area contributed by atoms with E-state index in [1.807, 2.05) is 23.1 Å². The zero-order valence-electron chi connectivity index (χ0n) is 20.7. The third-order valence-corrected chi connectivity index (χ3v) is 8.02. The van der Waals surface area contributed by atoms with Gasteiger partial charge in [-0.2, -0.15) is 0 Å². The van der Waals surface area contributed by atoms with Crippen molar-refractivity contribution >= 4 is 43.5 Å². The van der Waals surface area contributed by atoms with E-state index in [0.29, 0.717) is 30.1 Å². The first-order chi connectivity index (χ1) is 17.5. The average molecular weight is 509 g/mol. The SMILES string of the molecule is COCCCn1c(C2CCCN(C(=O)CCCc3ccc4nc(N)sc4c3)C2)cc2c(F)cccc21. The summed E-state index contributed by atoms with van der Waals surface area (Å²) in [5.41, 5.74) is 10.00. The molecule has 8 heteroatoms. The van der Waals surface area contributed by atoms with Crippen LogP contribution in [0.5, 0.6) is 0 Å². The molecule has 2 aromatic heterocycles. The molecule has 0 aliphatic carbocycles. The Hall–Kier alpha value is -2.97. The first-order valence-electron chi connectivity index (χ1n) is 12.7. The number of hydrogen-bond acceptors (Lipinski definition) is 5. The average Bonchev–Trinajstić information content (AvgIpc) is 3.44. The number of aromatic nitrogens is 2. The summed E-state index contributed by atoms with van der Waals surface area (Å²) in [7, 11) is 1.70. The number of piperidine rings is 1. The fourth-order valence-corrected chi connectivity index (χ4v) is 6.21. The van der Waals surface area contributed by atoms with Crippen molar-refractivity contribution in [3.05, 3.63) is 59.5 Å². The van der Waals surface area contributed by atoms with Gasteiger partial charge in [0.1, 0.15) is 5.82 Å². The third kappa shape index (κ3) is 5.25. The Balaban J connectivity index is 1.24. The van der Waals surface area contributed by atoms with Crippen LogP contribution in [-0.2, 0) is 22.5 Å². The number of hydrogen-bond donors (Lipinski definition) is 1. The molecule has 1 aliphatic heterocycles. The molecule has 2 N–H and O–H groups in total. The van der Waals surface area contributed by atoms with Gasteiger partial charge < -0.3 is 19.9 Å². The molecule has 1 unspecified atom stereocenters. The Labute approximate surface area is 214 Å². The number of halogens is 1. The van der Waals surface area contributed by atoms with Crippen molar-refractivity contribution in [1.29, 1.82) is 0 Å². The molecule has 0 spiro atoms. The maximum atomic E-state index is 14.6. The number of amides is 1. The standard InChI is InChI=1S/C28H33FN4O2S/c1-35-15-5-14-33-24-9-3-8-22(29)21(24)17-25(33)20-7-4-13-32(18-20)27(34)10-2-6-19-11-12-23-26(16-19)36-28(30)31-23/h3,8-9,11-12,16-17,20H,2,4-7,10,13-15,18H2,1H3,(H2,30,31). The van der Waals surface area contributed by atoms with Gasteiger partial charge in [0.25, 0.3) is 0 Å². The van der Waals surface area contributed by atoms with Crippen molar-refractivity contribution in [2.24, 2.45) is 0 Å². The zero-order chi connectivity index (χ0) is 25.1. The van der Waals surface area contributed by atoms with Crippen LogP contribution < -0.4 is 5.73 Å². The van der Waals surface area contributed by atoms with Crippen molar-refractivity contribution < 1.29 is 13.9 Å². The van der Waals surface area contributed by atoms with Gasteiger partial charge in [-0.05, 0) is 68.0 Å². The molecule has 1 atom stereocenters. The number of ether oxygens (including phenoxy) is 1. The van der Waals surface area contributed by atoms with Crippen molar-refractivity contribution in [1.82, 2.24) is 14.5 Å². The zero-order valence-corrected chi connectivity index (χ0v) is 21.5. The van der Waals surface area contributed by atoms with Crippen molar-refractivity contribution in [2.45, 2.75) is 51.0 Å². The summed E-state index contributed by atoms with van der Waals surface area (Å²) in [6.07, 6.45) is 5.01. The Morgan fingerprint density at radius 1 is 1.25 bits per heavy atom. The van der Waals surface area contributed by atoms with Crippen molar-refractivity contribution in [3.8, 4) is 0 Å². The summed E-state index contributed by atoms with van der Waals surface area (Å²) in [5, 5.41) is 1.24. The monoisotopic (exact) mass is 508 g/mol. The van der Waals surface area contributed by atoms with Crippen molar-refractivity contribution in [2.75, 3.05) is 32.5 Å². The number of carbonyl (C=O) groups is 1. The fraction of sp³-hybridized carbons (Fsp3) is 0.429. The van der Waals surface area contributed by atoms with Gasteiger partial charge in [0, 0.05) is 56.8 Å². The van der Waals surface area contributed by atoms with E-state index in [1.54, 1.807) is 13.2 Å². The lowest BCUT2D eigenvalue weighted by molar-refractivity contribution is -0.132. The summed E-state index contributed by atoms with van der Waals surface area (Å²) >= 11 is 1.50. The third-order valence-electron chi connectivity index (χ3n) is 7.17. The molecular weight excluding hydrogens is 475 g/mol. The number of rotatable bonds is 9. The molecule has 1 saturated heterocycles. The largest absolute Gasteiger partial charge is 0.385 e. The van der Waals surface area contributed by atoms with E-state index in [1.165, 1.54) is 23.0 Å². The van der Waals surface area contributed by atoms with Crippen LogP contribution in [0.25, 0.3) is 21.1 Å². The first kappa shape index (κ1) is 24.7. The van der Waals surface area contributed by atoms with Gasteiger partial charge in [0.05, 0.1) is 15.7 Å². The van der Waals surface area contributed by atoms with Crippen LogP contribution in [0.1, 0.15) is 49.3 Å². The summed E-state index contributed by atoms with van der Waals surface area (Å²) in [4.78, 5) is 19.4. The molecule has 3 heterocycles. The second kappa shape index (κ2) is 11.0. The van der Waals surface area contributed by atoms with Gasteiger partial charge >= 0.3 is 0 Å². The maximum Gasteiger partial charge on any atom is 0.222 e. The van der Waals surface area contributed by atoms with Crippen LogP contribution in [0.2, 0.25) is 0 Å². The van der Waals surface area contributed by atoms with Crippen LogP contribution in [0, 0.1) is 5.82 Å². The number of nitrogens with zero attached hydrogens (tertiary/aromatic N) is 3. The lowest BCUT2D eigenvalue weighted by atomic mass is 9.94. The minimum atomic E-state index is -0.192. The second-order valence-corrected chi connectivity index (χ2v) is 10.7. The van der Waals surface area contributed by atoms with Gasteiger partial charge in [-0.25, -0.2) is 9.37 Å². The molecule has 0 radical (unpaired) electrons. The van der Waals surface area contributed by atoms with Crippen molar-refractivity contribution in [3.63, 3.8) is 0 Å². The number of anilines is 1. The molecule has 0 saturated carbocycles. The number of likely N-dealkylation sites (tertiary alicyclic amines) is 1. The topological polar surface area (TPSA) is 73.4 Å². The molecule has 2 aromatic carbocycles. The van der Waals surface area contributed by atoms with Crippen LogP contribution in [0.3, 0.4) is 0 Å². The molecular formula is C28H33FN4O2S. The van der Waals surface area contributed by atoms with E-state index in [-0.39, 0.29) is 17.6 Å². The molecule has 1 fully saturated rings. The summed E-state index contributed by atoms with van der Waals surface area (Å²) in [6, 6.07) is 13.5. The van der Waals surface area contributed by atoms with E-state index in [2.05, 4.69) is 21.7 Å². The normalized spacial score (nSPS) is 16.3. The second-order valence-electron chi connectivity index (χ2n) is 9.63. The van der Waals surface area contributed by atoms with E-state index in [9.17, 15) is 9.18 Å². The van der Waals surface area contributed by atoms with Crippen LogP contribution in [0.4, 0.5) is 9.52 Å². The molecule has 6 nitrogen and oxygen atoms in total. The summed E-state index contributed by atoms with van der Waals surface area (Å²) in [6.45, 7) is 2.91. The highest BCUT2D eigenvalue weighted by Crippen LogP contribution is 2.33. The van der Waals surface area contributed by atoms with Gasteiger partial charge in [-0.15, -0.1) is 0 Å². The number of benzene rings is 2. The van der Waals surface area contributed by atoms with Crippen LogP contribution >= 0.6 is 11.3 Å². The Bertz CT molecular complexity index is 1360. The molecule has 190 valence electrons. The predicted octanol–water partition coefficient (Wildman–Crippen LogP) is 5.74. The van der Waals surface area contributed by atoms with E-state index in [0.717, 1.165) is 66.6 Å². The summed E-state index contributed by atoms with van der Waals surface area (Å²) < 4.78 is 23.2. The Kier molecular flexibility index (Phi) is 7.53. The molecule has 36 heavy (non-hydrogen) atoms. The number of aryl methyl sites for hydroxylation is 2. The summed E-state index contributed by atoms with van der Waals surface area (Å²) in [5.74, 6) is 0.217. The lowest BCUT2D eigenvalue weighted by Gasteiger charge is -2.33. The van der Waals surface area contributed by atoms with Crippen LogP contribution in [-0.4, -0.2) is 47.2 Å². The number of thiazole rings is 1. The number of nitrogen functional groups attached to an aromatic ring is 1. The van der Waals surface area contributed by atoms with Gasteiger partial charge in [0.2, 0.25) is 5.91 Å². The number of fused-ring (bicyclic) bond motifs is 2. The van der Waals surface area contributed by atoms with Gasteiger partial charge in [-0.3, -0.25) is 4.79 Å². The minimum absolute atomic E-state index is 0.192. The molecule has 0 bridgehead atoms. The first-order valence-corrected chi connectivity index (χ1v) is 13.5. The smallest absolute Gasteiger partial charge is 0.222 e. The van der Waals surface area contributed by atoms with Gasteiger partial charge in [0.15, 0.2) is 5.13 Å². The van der Waals surface area contributed by atoms with E-state index < -0.39 is 0 Å². The van der Waals surface area contributed by atoms with Gasteiger partial charge in [-0.1, -0.05) is 23.5 Å². The highest BCUT2D eigenvalue weighted by molar-refractivity contribution is 7.22. The Morgan fingerprint density at radius 3 is 3.00 bits per heavy atom. The quantitative estimate of drug-likeness (QED) is 0.293. The fourth-order valence-electron chi connectivity index (χ4n) is 5.41. The maximum absolute atomic E-state index is 14.6. The highest BCUT2D eigenvalue weighted by atomic mass is 32.1. The van der Waals surface area contributed by atoms with E-state index >= 15 is 0 Å². The molecule has 4 aromatic rings. The van der Waals surface area contributed by atoms with Crippen LogP contribution in [0.15, 0.2) is 42.5 Å². The molecule has 1 amide bonds. The van der Waals surface area contributed by atoms with E-state index in [4.69, 9.17) is 10.5 Å². The molecule has 5 rings (SSSR count). The highest BCUT2D eigenvalue weighted by Gasteiger charge is 2.27. The lowest BCUT2D eigenvalue weighted by Crippen LogP contribution is -2.39. The number of carbonyl (C=O) groups excluding carboxylic acids is 1.